The molecule has 0 aliphatic carbocycles. The SMILES string of the molecule is CCCn1cncc1CCS(=O)c1ccc(N)cc1. The number of hydrogen-bond donors (Lipinski definition) is 1. The molecule has 1 aromatic carbocycles. The molecule has 1 heterocycles. The number of nitrogens with two attached hydrogens (primary N) is 1. The van der Waals surface area contributed by atoms with E-state index in [9.17, 15) is 4.21 Å². The number of hydrogen-bond acceptors (Lipinski definition) is 3. The van der Waals surface area contributed by atoms with E-state index in [-0.39, 0.29) is 0 Å². The lowest BCUT2D eigenvalue weighted by molar-refractivity contribution is 0.647. The van der Waals surface area contributed by atoms with Crippen LogP contribution in [0.4, 0.5) is 5.69 Å². The maximum Gasteiger partial charge on any atom is 0.0948 e. The smallest absolute Gasteiger partial charge is 0.0948 e. The Morgan fingerprint density at radius 2 is 2.05 bits per heavy atom. The Balaban J connectivity index is 1.96. The highest BCUT2D eigenvalue weighted by molar-refractivity contribution is 7.85. The van der Waals surface area contributed by atoms with Crippen LogP contribution in [0.25, 0.3) is 0 Å². The minimum atomic E-state index is -0.985. The van der Waals surface area contributed by atoms with Gasteiger partial charge in [-0.1, -0.05) is 6.92 Å². The van der Waals surface area contributed by atoms with Crippen LogP contribution in [0, 0.1) is 0 Å². The summed E-state index contributed by atoms with van der Waals surface area (Å²) < 4.78 is 14.3. The largest absolute Gasteiger partial charge is 0.399 e. The third-order valence-electron chi connectivity index (χ3n) is 2.95. The molecular weight excluding hydrogens is 258 g/mol. The van der Waals surface area contributed by atoms with Gasteiger partial charge in [0.15, 0.2) is 0 Å². The molecule has 0 aliphatic heterocycles. The lowest BCUT2D eigenvalue weighted by atomic mass is 10.3. The zero-order valence-corrected chi connectivity index (χ0v) is 11.9. The molecule has 102 valence electrons. The summed E-state index contributed by atoms with van der Waals surface area (Å²) in [5.41, 5.74) is 7.46. The molecule has 0 fully saturated rings. The van der Waals surface area contributed by atoms with Crippen molar-refractivity contribution >= 4 is 16.5 Å². The van der Waals surface area contributed by atoms with Crippen LogP contribution in [0.1, 0.15) is 19.0 Å². The van der Waals surface area contributed by atoms with Gasteiger partial charge in [0.25, 0.3) is 0 Å². The number of nitrogen functional groups attached to an aromatic ring is 1. The number of aromatic nitrogens is 2. The first-order chi connectivity index (χ1) is 9.20. The lowest BCUT2D eigenvalue weighted by Crippen LogP contribution is -2.07. The molecule has 1 aromatic heterocycles. The average Bonchev–Trinajstić information content (AvgIpc) is 2.85. The van der Waals surface area contributed by atoms with Crippen molar-refractivity contribution in [1.82, 2.24) is 9.55 Å². The third kappa shape index (κ3) is 3.67. The first-order valence-electron chi connectivity index (χ1n) is 6.43. The zero-order valence-electron chi connectivity index (χ0n) is 11.1. The average molecular weight is 277 g/mol. The summed E-state index contributed by atoms with van der Waals surface area (Å²) in [7, 11) is -0.985. The van der Waals surface area contributed by atoms with E-state index < -0.39 is 10.8 Å². The summed E-state index contributed by atoms with van der Waals surface area (Å²) in [5, 5.41) is 0. The van der Waals surface area contributed by atoms with Crippen LogP contribution in [-0.2, 0) is 23.8 Å². The molecule has 0 aliphatic rings. The number of benzene rings is 1. The van der Waals surface area contributed by atoms with Gasteiger partial charge in [-0.2, -0.15) is 0 Å². The van der Waals surface area contributed by atoms with Gasteiger partial charge in [-0.25, -0.2) is 4.98 Å². The van der Waals surface area contributed by atoms with Crippen molar-refractivity contribution in [1.29, 1.82) is 0 Å². The van der Waals surface area contributed by atoms with Crippen molar-refractivity contribution in [3.8, 4) is 0 Å². The van der Waals surface area contributed by atoms with Gasteiger partial charge in [-0.15, -0.1) is 0 Å². The first-order valence-corrected chi connectivity index (χ1v) is 7.75. The van der Waals surface area contributed by atoms with Gasteiger partial charge in [0.05, 0.1) is 17.1 Å². The highest BCUT2D eigenvalue weighted by Crippen LogP contribution is 2.12. The number of rotatable bonds is 6. The Labute approximate surface area is 116 Å². The van der Waals surface area contributed by atoms with Crippen LogP contribution in [0.3, 0.4) is 0 Å². The standard InChI is InChI=1S/C14H19N3OS/c1-2-8-17-11-16-10-13(17)7-9-19(18)14-5-3-12(15)4-6-14/h3-6,10-11H,2,7-9,15H2,1H3. The van der Waals surface area contributed by atoms with E-state index in [4.69, 9.17) is 5.73 Å². The molecule has 2 aromatic rings. The van der Waals surface area contributed by atoms with Crippen LogP contribution in [-0.4, -0.2) is 19.5 Å². The van der Waals surface area contributed by atoms with Crippen LogP contribution < -0.4 is 5.73 Å². The fraction of sp³-hybridized carbons (Fsp3) is 0.357. The number of imidazole rings is 1. The van der Waals surface area contributed by atoms with Gasteiger partial charge >= 0.3 is 0 Å². The van der Waals surface area contributed by atoms with Gasteiger partial charge in [0, 0.05) is 41.2 Å². The summed E-state index contributed by atoms with van der Waals surface area (Å²) in [5.74, 6) is 0.610. The molecule has 0 radical (unpaired) electrons. The molecule has 5 heteroatoms. The molecule has 1 unspecified atom stereocenters. The summed E-state index contributed by atoms with van der Waals surface area (Å²) >= 11 is 0. The second-order valence-electron chi connectivity index (χ2n) is 4.45. The van der Waals surface area contributed by atoms with E-state index in [0.29, 0.717) is 11.4 Å². The van der Waals surface area contributed by atoms with E-state index >= 15 is 0 Å². The molecule has 0 amide bonds. The quantitative estimate of drug-likeness (QED) is 0.824. The van der Waals surface area contributed by atoms with E-state index in [1.54, 1.807) is 12.1 Å². The van der Waals surface area contributed by atoms with Crippen molar-refractivity contribution in [3.63, 3.8) is 0 Å². The topological polar surface area (TPSA) is 60.9 Å². The van der Waals surface area contributed by atoms with E-state index in [0.717, 1.165) is 30.0 Å². The van der Waals surface area contributed by atoms with E-state index in [2.05, 4.69) is 16.5 Å². The molecule has 0 spiro atoms. The number of anilines is 1. The molecule has 0 bridgehead atoms. The summed E-state index contributed by atoms with van der Waals surface area (Å²) in [6, 6.07) is 7.23. The fourth-order valence-corrected chi connectivity index (χ4v) is 3.00. The van der Waals surface area contributed by atoms with Crippen molar-refractivity contribution in [3.05, 3.63) is 42.5 Å². The van der Waals surface area contributed by atoms with Gasteiger partial charge in [0.1, 0.15) is 0 Å². The highest BCUT2D eigenvalue weighted by Gasteiger charge is 2.07. The van der Waals surface area contributed by atoms with Gasteiger partial charge < -0.3 is 10.3 Å². The number of aryl methyl sites for hydroxylation is 2. The molecule has 0 saturated carbocycles. The second kappa shape index (κ2) is 6.52. The van der Waals surface area contributed by atoms with Gasteiger partial charge in [-0.3, -0.25) is 4.21 Å². The molecule has 19 heavy (non-hydrogen) atoms. The predicted octanol–water partition coefficient (Wildman–Crippen LogP) is 2.23. The second-order valence-corrected chi connectivity index (χ2v) is 6.02. The maximum absolute atomic E-state index is 12.2. The molecule has 1 atom stereocenters. The van der Waals surface area contributed by atoms with Gasteiger partial charge in [-0.05, 0) is 30.7 Å². The molecule has 4 nitrogen and oxygen atoms in total. The molecule has 2 rings (SSSR count). The van der Waals surface area contributed by atoms with Crippen molar-refractivity contribution in [2.75, 3.05) is 11.5 Å². The monoisotopic (exact) mass is 277 g/mol. The predicted molar refractivity (Wildman–Crippen MR) is 78.4 cm³/mol. The van der Waals surface area contributed by atoms with Crippen LogP contribution in [0.2, 0.25) is 0 Å². The maximum atomic E-state index is 12.2. The third-order valence-corrected chi connectivity index (χ3v) is 4.32. The Morgan fingerprint density at radius 3 is 2.74 bits per heavy atom. The lowest BCUT2D eigenvalue weighted by Gasteiger charge is -2.06. The van der Waals surface area contributed by atoms with Crippen molar-refractivity contribution in [2.24, 2.45) is 0 Å². The highest BCUT2D eigenvalue weighted by atomic mass is 32.2. The summed E-state index contributed by atoms with van der Waals surface area (Å²) in [6.07, 6.45) is 5.54. The Bertz CT molecular complexity index is 548. The summed E-state index contributed by atoms with van der Waals surface area (Å²) in [4.78, 5) is 4.98. The minimum Gasteiger partial charge on any atom is -0.399 e. The minimum absolute atomic E-state index is 0.610. The van der Waals surface area contributed by atoms with Gasteiger partial charge in [0.2, 0.25) is 0 Å². The first kappa shape index (κ1) is 13.8. The number of nitrogens with zero attached hydrogens (tertiary/aromatic N) is 2. The normalized spacial score (nSPS) is 12.5. The Kier molecular flexibility index (Phi) is 4.74. The Morgan fingerprint density at radius 1 is 1.32 bits per heavy atom. The van der Waals surface area contributed by atoms with Crippen molar-refractivity contribution < 1.29 is 4.21 Å². The zero-order chi connectivity index (χ0) is 13.7. The van der Waals surface area contributed by atoms with E-state index in [1.807, 2.05) is 24.7 Å². The fourth-order valence-electron chi connectivity index (χ4n) is 1.93. The van der Waals surface area contributed by atoms with Crippen LogP contribution in [0.15, 0.2) is 41.7 Å². The van der Waals surface area contributed by atoms with Crippen LogP contribution in [0.5, 0.6) is 0 Å². The molecule has 0 saturated heterocycles. The van der Waals surface area contributed by atoms with E-state index in [1.165, 1.54) is 0 Å². The molecular formula is C14H19N3OS. The molecule has 2 N–H and O–H groups in total. The summed E-state index contributed by atoms with van der Waals surface area (Å²) in [6.45, 7) is 3.10. The van der Waals surface area contributed by atoms with Crippen LogP contribution >= 0.6 is 0 Å². The van der Waals surface area contributed by atoms with Crippen molar-refractivity contribution in [2.45, 2.75) is 31.2 Å². The Hall–Kier alpha value is -1.62.